The van der Waals surface area contributed by atoms with Crippen molar-refractivity contribution in [2.75, 3.05) is 13.1 Å². The van der Waals surface area contributed by atoms with E-state index in [-0.39, 0.29) is 6.04 Å². The molecule has 3 atom stereocenters. The average Bonchev–Trinajstić information content (AvgIpc) is 2.92. The Balaban J connectivity index is 1.80. The van der Waals surface area contributed by atoms with Crippen LogP contribution in [0.4, 0.5) is 0 Å². The van der Waals surface area contributed by atoms with E-state index in [0.29, 0.717) is 11.9 Å². The zero-order valence-corrected chi connectivity index (χ0v) is 12.8. The second-order valence-electron chi connectivity index (χ2n) is 6.79. The Hall–Kier alpha value is -0.570. The van der Waals surface area contributed by atoms with Gasteiger partial charge in [-0.1, -0.05) is 26.7 Å². The number of carbonyl (C=O) groups is 1. The fourth-order valence-electron chi connectivity index (χ4n) is 3.62. The number of nitrogens with zero attached hydrogens (tertiary/aromatic N) is 1. The first-order valence-corrected chi connectivity index (χ1v) is 8.12. The van der Waals surface area contributed by atoms with Crippen LogP contribution in [0.1, 0.15) is 59.3 Å². The van der Waals surface area contributed by atoms with Gasteiger partial charge in [0.2, 0.25) is 5.91 Å². The Labute approximate surface area is 118 Å². The molecule has 3 nitrogen and oxygen atoms in total. The first-order valence-electron chi connectivity index (χ1n) is 8.12. The molecule has 2 aliphatic rings. The zero-order valence-electron chi connectivity index (χ0n) is 12.8. The topological polar surface area (TPSA) is 32.3 Å². The van der Waals surface area contributed by atoms with Crippen molar-refractivity contribution in [2.24, 2.45) is 11.8 Å². The van der Waals surface area contributed by atoms with Crippen molar-refractivity contribution in [3.05, 3.63) is 0 Å². The summed E-state index contributed by atoms with van der Waals surface area (Å²) in [6.45, 7) is 8.62. The normalized spacial score (nSPS) is 29.8. The predicted molar refractivity (Wildman–Crippen MR) is 79.0 cm³/mol. The first kappa shape index (κ1) is 14.8. The van der Waals surface area contributed by atoms with Crippen LogP contribution in [-0.2, 0) is 4.79 Å². The molecule has 2 rings (SSSR count). The van der Waals surface area contributed by atoms with Gasteiger partial charge in [0.25, 0.3) is 0 Å². The number of carbonyl (C=O) groups excluding carboxylic acids is 1. The molecular weight excluding hydrogens is 236 g/mol. The maximum absolute atomic E-state index is 12.3. The molecule has 1 heterocycles. The number of hydrogen-bond acceptors (Lipinski definition) is 2. The van der Waals surface area contributed by atoms with Crippen LogP contribution < -0.4 is 5.32 Å². The van der Waals surface area contributed by atoms with E-state index in [1.54, 1.807) is 0 Å². The van der Waals surface area contributed by atoms with Crippen molar-refractivity contribution in [1.82, 2.24) is 10.2 Å². The monoisotopic (exact) mass is 266 g/mol. The van der Waals surface area contributed by atoms with Gasteiger partial charge in [-0.3, -0.25) is 4.79 Å². The summed E-state index contributed by atoms with van der Waals surface area (Å²) in [5, 5.41) is 3.59. The molecule has 3 heteroatoms. The lowest BCUT2D eigenvalue weighted by atomic mass is 9.79. The van der Waals surface area contributed by atoms with Crippen molar-refractivity contribution in [3.63, 3.8) is 0 Å². The summed E-state index contributed by atoms with van der Waals surface area (Å²) in [5.41, 5.74) is 0. The minimum absolute atomic E-state index is 0.00554. The van der Waals surface area contributed by atoms with Gasteiger partial charge < -0.3 is 10.2 Å². The standard InChI is InChI=1S/C16H30N2O/c1-12(2)14-7-6-8-15(11-14)17-13(3)16(19)18-9-4-5-10-18/h12-15,17H,4-11H2,1-3H3. The molecule has 1 aliphatic carbocycles. The molecule has 19 heavy (non-hydrogen) atoms. The number of rotatable bonds is 4. The molecule has 1 N–H and O–H groups in total. The third-order valence-electron chi connectivity index (χ3n) is 4.93. The highest BCUT2D eigenvalue weighted by molar-refractivity contribution is 5.81. The molecule has 1 saturated carbocycles. The van der Waals surface area contributed by atoms with E-state index in [4.69, 9.17) is 0 Å². The fourth-order valence-corrected chi connectivity index (χ4v) is 3.62. The van der Waals surface area contributed by atoms with E-state index >= 15 is 0 Å². The lowest BCUT2D eigenvalue weighted by Crippen LogP contribution is -2.49. The van der Waals surface area contributed by atoms with Gasteiger partial charge in [0.05, 0.1) is 6.04 Å². The number of amides is 1. The summed E-state index contributed by atoms with van der Waals surface area (Å²) in [7, 11) is 0. The summed E-state index contributed by atoms with van der Waals surface area (Å²) < 4.78 is 0. The van der Waals surface area contributed by atoms with Gasteiger partial charge in [-0.15, -0.1) is 0 Å². The zero-order chi connectivity index (χ0) is 13.8. The molecule has 1 saturated heterocycles. The first-order chi connectivity index (χ1) is 9.08. The Morgan fingerprint density at radius 3 is 2.42 bits per heavy atom. The van der Waals surface area contributed by atoms with Crippen LogP contribution in [0, 0.1) is 11.8 Å². The smallest absolute Gasteiger partial charge is 0.239 e. The molecule has 0 aromatic rings. The highest BCUT2D eigenvalue weighted by Gasteiger charge is 2.28. The van der Waals surface area contributed by atoms with Crippen molar-refractivity contribution in [3.8, 4) is 0 Å². The van der Waals surface area contributed by atoms with E-state index < -0.39 is 0 Å². The van der Waals surface area contributed by atoms with Crippen molar-refractivity contribution >= 4 is 5.91 Å². The van der Waals surface area contributed by atoms with Crippen molar-refractivity contribution in [1.29, 1.82) is 0 Å². The number of likely N-dealkylation sites (tertiary alicyclic amines) is 1. The maximum atomic E-state index is 12.3. The summed E-state index contributed by atoms with van der Waals surface area (Å²) >= 11 is 0. The highest BCUT2D eigenvalue weighted by atomic mass is 16.2. The van der Waals surface area contributed by atoms with Crippen molar-refractivity contribution in [2.45, 2.75) is 71.4 Å². The fraction of sp³-hybridized carbons (Fsp3) is 0.938. The summed E-state index contributed by atoms with van der Waals surface area (Å²) in [4.78, 5) is 14.3. The molecule has 1 amide bonds. The van der Waals surface area contributed by atoms with Crippen LogP contribution >= 0.6 is 0 Å². The quantitative estimate of drug-likeness (QED) is 0.848. The van der Waals surface area contributed by atoms with Gasteiger partial charge in [0.1, 0.15) is 0 Å². The van der Waals surface area contributed by atoms with E-state index in [2.05, 4.69) is 19.2 Å². The molecular formula is C16H30N2O. The molecule has 3 unspecified atom stereocenters. The summed E-state index contributed by atoms with van der Waals surface area (Å²) in [6, 6.07) is 0.539. The van der Waals surface area contributed by atoms with Gasteiger partial charge in [-0.05, 0) is 44.4 Å². The van der Waals surface area contributed by atoms with Crippen LogP contribution in [0.3, 0.4) is 0 Å². The Bertz CT molecular complexity index is 297. The molecule has 1 aliphatic heterocycles. The van der Waals surface area contributed by atoms with Gasteiger partial charge in [-0.2, -0.15) is 0 Å². The molecule has 2 fully saturated rings. The van der Waals surface area contributed by atoms with E-state index in [0.717, 1.165) is 24.9 Å². The molecule has 0 radical (unpaired) electrons. The largest absolute Gasteiger partial charge is 0.341 e. The molecule has 0 bridgehead atoms. The van der Waals surface area contributed by atoms with Gasteiger partial charge in [-0.25, -0.2) is 0 Å². The van der Waals surface area contributed by atoms with Crippen LogP contribution in [0.2, 0.25) is 0 Å². The number of nitrogens with one attached hydrogen (secondary N) is 1. The van der Waals surface area contributed by atoms with Crippen LogP contribution in [-0.4, -0.2) is 36.0 Å². The van der Waals surface area contributed by atoms with E-state index in [1.807, 2.05) is 11.8 Å². The lowest BCUT2D eigenvalue weighted by Gasteiger charge is -2.34. The lowest BCUT2D eigenvalue weighted by molar-refractivity contribution is -0.132. The summed E-state index contributed by atoms with van der Waals surface area (Å²) in [5.74, 6) is 1.92. The maximum Gasteiger partial charge on any atom is 0.239 e. The van der Waals surface area contributed by atoms with Crippen LogP contribution in [0.5, 0.6) is 0 Å². The summed E-state index contributed by atoms with van der Waals surface area (Å²) in [6.07, 6.45) is 7.51. The molecule has 0 aromatic carbocycles. The SMILES string of the molecule is CC(NC1CCCC(C(C)C)C1)C(=O)N1CCCC1. The van der Waals surface area contributed by atoms with E-state index in [9.17, 15) is 4.79 Å². The Morgan fingerprint density at radius 1 is 1.11 bits per heavy atom. The molecule has 0 spiro atoms. The third-order valence-corrected chi connectivity index (χ3v) is 4.93. The third kappa shape index (κ3) is 3.95. The van der Waals surface area contributed by atoms with Crippen LogP contribution in [0.25, 0.3) is 0 Å². The Morgan fingerprint density at radius 2 is 1.79 bits per heavy atom. The molecule has 110 valence electrons. The second kappa shape index (κ2) is 6.74. The Kier molecular flexibility index (Phi) is 5.26. The molecule has 0 aromatic heterocycles. The average molecular weight is 266 g/mol. The van der Waals surface area contributed by atoms with Crippen LogP contribution in [0.15, 0.2) is 0 Å². The second-order valence-corrected chi connectivity index (χ2v) is 6.79. The minimum Gasteiger partial charge on any atom is -0.341 e. The predicted octanol–water partition coefficient (Wildman–Crippen LogP) is 2.80. The van der Waals surface area contributed by atoms with E-state index in [1.165, 1.54) is 38.5 Å². The number of hydrogen-bond donors (Lipinski definition) is 1. The minimum atomic E-state index is -0.00554. The van der Waals surface area contributed by atoms with Crippen molar-refractivity contribution < 1.29 is 4.79 Å². The van der Waals surface area contributed by atoms with Gasteiger partial charge in [0, 0.05) is 19.1 Å². The van der Waals surface area contributed by atoms with Gasteiger partial charge in [0.15, 0.2) is 0 Å². The van der Waals surface area contributed by atoms with Gasteiger partial charge >= 0.3 is 0 Å². The highest BCUT2D eigenvalue weighted by Crippen LogP contribution is 2.30.